The van der Waals surface area contributed by atoms with Crippen LogP contribution in [0.1, 0.15) is 51.0 Å². The van der Waals surface area contributed by atoms with Crippen molar-refractivity contribution in [2.24, 2.45) is 0 Å². The highest BCUT2D eigenvalue weighted by Gasteiger charge is 2.07. The summed E-state index contributed by atoms with van der Waals surface area (Å²) in [5.41, 5.74) is 2.93. The highest BCUT2D eigenvalue weighted by Crippen LogP contribution is 2.24. The Morgan fingerprint density at radius 3 is 2.71 bits per heavy atom. The Balaban J connectivity index is 2.19. The summed E-state index contributed by atoms with van der Waals surface area (Å²) in [6.07, 6.45) is 12.1. The molecule has 0 unspecified atom stereocenters. The summed E-state index contributed by atoms with van der Waals surface area (Å²) in [6.45, 7) is 4.49. The fourth-order valence-electron chi connectivity index (χ4n) is 1.99. The van der Waals surface area contributed by atoms with Gasteiger partial charge in [0.15, 0.2) is 0 Å². The van der Waals surface area contributed by atoms with E-state index < -0.39 is 0 Å². The van der Waals surface area contributed by atoms with E-state index in [2.05, 4.69) is 43.0 Å². The second-order valence-corrected chi connectivity index (χ2v) is 4.45. The van der Waals surface area contributed by atoms with Gasteiger partial charge >= 0.3 is 0 Å². The van der Waals surface area contributed by atoms with Crippen molar-refractivity contribution in [2.75, 3.05) is 0 Å². The van der Waals surface area contributed by atoms with Gasteiger partial charge in [-0.25, -0.2) is 0 Å². The molecule has 1 nitrogen and oxygen atoms in total. The average Bonchev–Trinajstić information content (AvgIpc) is 2.68. The first-order chi connectivity index (χ1) is 6.77. The average molecular weight is 189 g/mol. The van der Waals surface area contributed by atoms with Crippen molar-refractivity contribution < 1.29 is 0 Å². The molecule has 2 rings (SSSR count). The smallest absolute Gasteiger partial charge is 0.0180 e. The maximum atomic E-state index is 2.38. The number of hydrogen-bond acceptors (Lipinski definition) is 0. The number of allylic oxidation sites excluding steroid dienone is 2. The van der Waals surface area contributed by atoms with E-state index in [1.54, 1.807) is 0 Å². The summed E-state index contributed by atoms with van der Waals surface area (Å²) in [5.74, 6) is 0.639. The Bertz CT molecular complexity index is 331. The molecule has 0 aromatic carbocycles. The first-order valence-electron chi connectivity index (χ1n) is 5.64. The van der Waals surface area contributed by atoms with Gasteiger partial charge in [0.1, 0.15) is 0 Å². The Morgan fingerprint density at radius 2 is 2.14 bits per heavy atom. The number of nitrogens with zero attached hydrogens (tertiary/aromatic N) is 1. The lowest BCUT2D eigenvalue weighted by molar-refractivity contribution is 0.717. The number of rotatable bonds is 2. The zero-order valence-electron chi connectivity index (χ0n) is 9.16. The zero-order valence-corrected chi connectivity index (χ0v) is 9.16. The SMILES string of the molecule is CC(C)c1ccn(C2=CCCCC2)c1. The van der Waals surface area contributed by atoms with Crippen LogP contribution in [0.2, 0.25) is 0 Å². The second-order valence-electron chi connectivity index (χ2n) is 4.45. The summed E-state index contributed by atoms with van der Waals surface area (Å²) in [5, 5.41) is 0. The monoisotopic (exact) mass is 189 g/mol. The van der Waals surface area contributed by atoms with Crippen LogP contribution in [0, 0.1) is 0 Å². The minimum absolute atomic E-state index is 0.639. The number of aromatic nitrogens is 1. The maximum absolute atomic E-state index is 2.38. The number of hydrogen-bond donors (Lipinski definition) is 0. The van der Waals surface area contributed by atoms with Crippen LogP contribution in [0.15, 0.2) is 24.5 Å². The molecule has 76 valence electrons. The van der Waals surface area contributed by atoms with Gasteiger partial charge in [-0.1, -0.05) is 19.9 Å². The largest absolute Gasteiger partial charge is 0.328 e. The summed E-state index contributed by atoms with van der Waals surface area (Å²) in [6, 6.07) is 2.24. The molecule has 0 radical (unpaired) electrons. The van der Waals surface area contributed by atoms with Gasteiger partial charge in [0.2, 0.25) is 0 Å². The van der Waals surface area contributed by atoms with Crippen LogP contribution in [-0.4, -0.2) is 4.57 Å². The Kier molecular flexibility index (Phi) is 2.76. The summed E-state index contributed by atoms with van der Waals surface area (Å²) < 4.78 is 2.30. The molecule has 0 atom stereocenters. The van der Waals surface area contributed by atoms with Crippen molar-refractivity contribution >= 4 is 5.70 Å². The predicted molar refractivity (Wildman–Crippen MR) is 61.3 cm³/mol. The molecule has 0 saturated carbocycles. The van der Waals surface area contributed by atoms with Gasteiger partial charge in [0.05, 0.1) is 0 Å². The van der Waals surface area contributed by atoms with Gasteiger partial charge < -0.3 is 4.57 Å². The van der Waals surface area contributed by atoms with E-state index in [0.29, 0.717) is 5.92 Å². The quantitative estimate of drug-likeness (QED) is 0.662. The van der Waals surface area contributed by atoms with E-state index in [1.807, 2.05) is 0 Å². The normalized spacial score (nSPS) is 17.2. The third-order valence-corrected chi connectivity index (χ3v) is 2.98. The van der Waals surface area contributed by atoms with Crippen LogP contribution < -0.4 is 0 Å². The first kappa shape index (κ1) is 9.57. The first-order valence-corrected chi connectivity index (χ1v) is 5.64. The fraction of sp³-hybridized carbons (Fsp3) is 0.538. The van der Waals surface area contributed by atoms with E-state index in [4.69, 9.17) is 0 Å². The lowest BCUT2D eigenvalue weighted by Crippen LogP contribution is -1.98. The van der Waals surface area contributed by atoms with Crippen LogP contribution in [-0.2, 0) is 0 Å². The van der Waals surface area contributed by atoms with Crippen molar-refractivity contribution in [3.63, 3.8) is 0 Å². The van der Waals surface area contributed by atoms with E-state index in [0.717, 1.165) is 0 Å². The molecule has 0 bridgehead atoms. The van der Waals surface area contributed by atoms with E-state index in [-0.39, 0.29) is 0 Å². The molecule has 1 aromatic heterocycles. The molecule has 1 aliphatic rings. The third-order valence-electron chi connectivity index (χ3n) is 2.98. The molecule has 14 heavy (non-hydrogen) atoms. The van der Waals surface area contributed by atoms with E-state index in [9.17, 15) is 0 Å². The summed E-state index contributed by atoms with van der Waals surface area (Å²) in [4.78, 5) is 0. The summed E-state index contributed by atoms with van der Waals surface area (Å²) >= 11 is 0. The molecule has 1 aliphatic carbocycles. The van der Waals surface area contributed by atoms with Crippen molar-refractivity contribution in [1.82, 2.24) is 4.57 Å². The van der Waals surface area contributed by atoms with Crippen molar-refractivity contribution in [1.29, 1.82) is 0 Å². The lowest BCUT2D eigenvalue weighted by Gasteiger charge is -2.13. The van der Waals surface area contributed by atoms with Crippen LogP contribution in [0.3, 0.4) is 0 Å². The van der Waals surface area contributed by atoms with Crippen LogP contribution in [0.4, 0.5) is 0 Å². The summed E-state index contributed by atoms with van der Waals surface area (Å²) in [7, 11) is 0. The van der Waals surface area contributed by atoms with Gasteiger partial charge in [-0.2, -0.15) is 0 Å². The van der Waals surface area contributed by atoms with Crippen LogP contribution >= 0.6 is 0 Å². The molecule has 0 amide bonds. The van der Waals surface area contributed by atoms with Gasteiger partial charge in [0, 0.05) is 18.1 Å². The van der Waals surface area contributed by atoms with Gasteiger partial charge in [-0.3, -0.25) is 0 Å². The zero-order chi connectivity index (χ0) is 9.97. The van der Waals surface area contributed by atoms with Crippen LogP contribution in [0.25, 0.3) is 5.70 Å². The highest BCUT2D eigenvalue weighted by atomic mass is 15.0. The van der Waals surface area contributed by atoms with Crippen molar-refractivity contribution in [3.05, 3.63) is 30.1 Å². The molecule has 1 aromatic rings. The standard InChI is InChI=1S/C13H19N/c1-11(2)12-8-9-14(10-12)13-6-4-3-5-7-13/h6,8-11H,3-5,7H2,1-2H3. The third kappa shape index (κ3) is 1.92. The minimum atomic E-state index is 0.639. The molecule has 0 spiro atoms. The second kappa shape index (κ2) is 4.04. The molecule has 1 heteroatoms. The molecule has 1 heterocycles. The van der Waals surface area contributed by atoms with Gasteiger partial charge in [-0.05, 0) is 43.2 Å². The molecular weight excluding hydrogens is 170 g/mol. The molecule has 0 N–H and O–H groups in total. The van der Waals surface area contributed by atoms with E-state index in [1.165, 1.54) is 36.9 Å². The Morgan fingerprint density at radius 1 is 1.29 bits per heavy atom. The Hall–Kier alpha value is -0.980. The highest BCUT2D eigenvalue weighted by molar-refractivity contribution is 5.47. The molecular formula is C13H19N. The topological polar surface area (TPSA) is 4.93 Å². The van der Waals surface area contributed by atoms with E-state index >= 15 is 0 Å². The predicted octanol–water partition coefficient (Wildman–Crippen LogP) is 4.03. The maximum Gasteiger partial charge on any atom is 0.0180 e. The van der Waals surface area contributed by atoms with Gasteiger partial charge in [0.25, 0.3) is 0 Å². The Labute approximate surface area is 86.4 Å². The minimum Gasteiger partial charge on any atom is -0.328 e. The molecule has 0 aliphatic heterocycles. The molecule has 0 fully saturated rings. The van der Waals surface area contributed by atoms with Crippen molar-refractivity contribution in [3.8, 4) is 0 Å². The van der Waals surface area contributed by atoms with Crippen molar-refractivity contribution in [2.45, 2.75) is 45.4 Å². The lowest BCUT2D eigenvalue weighted by atomic mass is 10.0. The molecule has 0 saturated heterocycles. The van der Waals surface area contributed by atoms with Gasteiger partial charge in [-0.15, -0.1) is 0 Å². The fourth-order valence-corrected chi connectivity index (χ4v) is 1.99. The van der Waals surface area contributed by atoms with Crippen LogP contribution in [0.5, 0.6) is 0 Å².